The Balaban J connectivity index is 2.43. The van der Waals surface area contributed by atoms with Crippen molar-refractivity contribution in [2.45, 2.75) is 198 Å². The molecule has 6 atom stereocenters. The molecule has 1 heterocycles. The molecule has 12 nitrogen and oxygen atoms in total. The molecule has 1 saturated heterocycles. The molecule has 0 aliphatic carbocycles. The first-order valence-electron chi connectivity index (χ1n) is 23.2. The lowest BCUT2D eigenvalue weighted by Crippen LogP contribution is -2.60. The van der Waals surface area contributed by atoms with Crippen molar-refractivity contribution >= 4 is 16.4 Å². The van der Waals surface area contributed by atoms with E-state index in [1.807, 2.05) is 0 Å². The number of aliphatic hydroxyl groups excluding tert-OH is 3. The van der Waals surface area contributed by atoms with Gasteiger partial charge in [0.25, 0.3) is 0 Å². The van der Waals surface area contributed by atoms with E-state index in [1.54, 1.807) is 0 Å². The molecular weight excluding hydrogens is 801 g/mol. The summed E-state index contributed by atoms with van der Waals surface area (Å²) in [4.78, 5) is 12.9. The van der Waals surface area contributed by atoms with Crippen molar-refractivity contribution in [2.24, 2.45) is 0 Å². The second-order valence-corrected chi connectivity index (χ2v) is 16.7. The highest BCUT2D eigenvalue weighted by Crippen LogP contribution is 2.26. The minimum atomic E-state index is -5.07. The van der Waals surface area contributed by atoms with Crippen LogP contribution in [0.15, 0.2) is 72.9 Å². The number of ether oxygens (including phenoxy) is 4. The van der Waals surface area contributed by atoms with Gasteiger partial charge >= 0.3 is 16.4 Å². The molecule has 6 unspecified atom stereocenters. The van der Waals surface area contributed by atoms with Crippen LogP contribution in [0.2, 0.25) is 0 Å². The predicted molar refractivity (Wildman–Crippen MR) is 243 cm³/mol. The first-order chi connectivity index (χ1) is 29.6. The summed E-state index contributed by atoms with van der Waals surface area (Å²) in [5.41, 5.74) is 0. The van der Waals surface area contributed by atoms with E-state index in [0.29, 0.717) is 13.0 Å². The molecule has 0 aromatic rings. The van der Waals surface area contributed by atoms with Crippen molar-refractivity contribution in [2.75, 3.05) is 26.4 Å². The van der Waals surface area contributed by atoms with Crippen molar-refractivity contribution in [3.63, 3.8) is 0 Å². The monoisotopic (exact) mass is 883 g/mol. The van der Waals surface area contributed by atoms with Crippen molar-refractivity contribution in [1.29, 1.82) is 0 Å². The maximum absolute atomic E-state index is 12.9. The third kappa shape index (κ3) is 32.8. The maximum atomic E-state index is 12.9. The van der Waals surface area contributed by atoms with E-state index in [0.717, 1.165) is 96.3 Å². The standard InChI is InChI=1S/C48H82O12S/c1-3-5-7-9-11-13-15-17-18-19-20-21-22-23-24-25-27-29-31-33-35-37-44(50)58-42(40-56-38-36-34-32-30-28-26-16-14-12-10-8-6-4-2)41-57-48-46(52)47(60-61(53,54)55)45(51)43(39-49)59-48/h5,7,11-14,17-18,20-21,23-24,42-43,45-49,51-52H,3-4,6,8-10,15-16,19,22,25-41H2,1-2H3,(H,53,54,55)/b7-5-,13-11-,14-12-,18-17-,21-20-,24-23-. The fraction of sp³-hybridized carbons (Fsp3) is 0.729. The van der Waals surface area contributed by atoms with Gasteiger partial charge in [0.2, 0.25) is 0 Å². The average Bonchev–Trinajstić information content (AvgIpc) is 3.23. The normalized spacial score (nSPS) is 20.8. The zero-order valence-corrected chi connectivity index (χ0v) is 38.3. The smallest absolute Gasteiger partial charge is 0.397 e. The van der Waals surface area contributed by atoms with Crippen molar-refractivity contribution in [3.8, 4) is 0 Å². The molecule has 4 N–H and O–H groups in total. The lowest BCUT2D eigenvalue weighted by Gasteiger charge is -2.41. The molecule has 0 aromatic carbocycles. The van der Waals surface area contributed by atoms with Crippen LogP contribution in [-0.4, -0.2) is 97.5 Å². The molecule has 1 fully saturated rings. The van der Waals surface area contributed by atoms with Gasteiger partial charge in [-0.05, 0) is 83.5 Å². The molecule has 13 heteroatoms. The third-order valence-corrected chi connectivity index (χ3v) is 10.5. The fourth-order valence-corrected chi connectivity index (χ4v) is 7.08. The molecule has 1 aliphatic heterocycles. The van der Waals surface area contributed by atoms with Gasteiger partial charge in [-0.15, -0.1) is 0 Å². The molecule has 0 spiro atoms. The van der Waals surface area contributed by atoms with Crippen LogP contribution in [0.5, 0.6) is 0 Å². The van der Waals surface area contributed by atoms with E-state index in [2.05, 4.69) is 90.9 Å². The second kappa shape index (κ2) is 39.2. The Hall–Kier alpha value is -2.46. The Morgan fingerprint density at radius 1 is 0.639 bits per heavy atom. The van der Waals surface area contributed by atoms with Crippen LogP contribution in [-0.2, 0) is 38.3 Å². The van der Waals surface area contributed by atoms with E-state index in [9.17, 15) is 28.5 Å². The molecule has 352 valence electrons. The number of carbonyl (C=O) groups excluding carboxylic acids is 1. The Morgan fingerprint density at radius 3 is 1.67 bits per heavy atom. The fourth-order valence-electron chi connectivity index (χ4n) is 6.57. The summed E-state index contributed by atoms with van der Waals surface area (Å²) in [6.45, 7) is 3.80. The van der Waals surface area contributed by atoms with E-state index in [4.69, 9.17) is 23.5 Å². The minimum Gasteiger partial charge on any atom is -0.457 e. The summed E-state index contributed by atoms with van der Waals surface area (Å²) in [5, 5.41) is 30.7. The molecule has 0 bridgehead atoms. The van der Waals surface area contributed by atoms with E-state index >= 15 is 0 Å². The lowest BCUT2D eigenvalue weighted by atomic mass is 9.99. The van der Waals surface area contributed by atoms with Gasteiger partial charge in [-0.25, -0.2) is 4.18 Å². The van der Waals surface area contributed by atoms with Crippen LogP contribution in [0.3, 0.4) is 0 Å². The van der Waals surface area contributed by atoms with Crippen LogP contribution in [0, 0.1) is 0 Å². The lowest BCUT2D eigenvalue weighted by molar-refractivity contribution is -0.301. The third-order valence-electron chi connectivity index (χ3n) is 10.1. The quantitative estimate of drug-likeness (QED) is 0.0199. The Labute approximate surface area is 369 Å². The van der Waals surface area contributed by atoms with Crippen LogP contribution in [0.4, 0.5) is 0 Å². The maximum Gasteiger partial charge on any atom is 0.397 e. The molecule has 0 radical (unpaired) electrons. The Bertz CT molecular complexity index is 1340. The van der Waals surface area contributed by atoms with Gasteiger partial charge in [0.1, 0.15) is 30.5 Å². The summed E-state index contributed by atoms with van der Waals surface area (Å²) in [6.07, 6.45) is 40.7. The van der Waals surface area contributed by atoms with Gasteiger partial charge < -0.3 is 34.3 Å². The van der Waals surface area contributed by atoms with Crippen molar-refractivity contribution < 1.29 is 56.2 Å². The molecule has 0 amide bonds. The molecule has 1 rings (SSSR count). The van der Waals surface area contributed by atoms with Gasteiger partial charge in [0.05, 0.1) is 19.8 Å². The first kappa shape index (κ1) is 56.6. The number of hydrogen-bond acceptors (Lipinski definition) is 11. The molecule has 0 aromatic heterocycles. The highest BCUT2D eigenvalue weighted by atomic mass is 32.3. The van der Waals surface area contributed by atoms with Crippen molar-refractivity contribution in [3.05, 3.63) is 72.9 Å². The summed E-state index contributed by atoms with van der Waals surface area (Å²) < 4.78 is 59.0. The molecule has 61 heavy (non-hydrogen) atoms. The number of esters is 1. The van der Waals surface area contributed by atoms with Crippen LogP contribution >= 0.6 is 0 Å². The van der Waals surface area contributed by atoms with E-state index in [-0.39, 0.29) is 19.6 Å². The molecular formula is C48H82O12S. The predicted octanol–water partition coefficient (Wildman–Crippen LogP) is 9.91. The summed E-state index contributed by atoms with van der Waals surface area (Å²) >= 11 is 0. The van der Waals surface area contributed by atoms with E-state index in [1.165, 1.54) is 38.5 Å². The summed E-state index contributed by atoms with van der Waals surface area (Å²) in [7, 11) is -5.07. The van der Waals surface area contributed by atoms with Gasteiger partial charge in [0, 0.05) is 13.0 Å². The van der Waals surface area contributed by atoms with Crippen molar-refractivity contribution in [1.82, 2.24) is 0 Å². The van der Waals surface area contributed by atoms with E-state index < -0.39 is 59.8 Å². The summed E-state index contributed by atoms with van der Waals surface area (Å²) in [5.74, 6) is -0.423. The SMILES string of the molecule is CC/C=C\C/C=C\C/C=C\C/C=C\C/C=C\CCCCCCCC(=O)OC(COCCCCCCCC/C=C\CCCCC)COC1OC(CO)C(O)C(OS(=O)(=O)O)C1O. The Kier molecular flexibility index (Phi) is 36.3. The highest BCUT2D eigenvalue weighted by molar-refractivity contribution is 7.80. The second-order valence-electron chi connectivity index (χ2n) is 15.6. The summed E-state index contributed by atoms with van der Waals surface area (Å²) in [6, 6.07) is 0. The van der Waals surface area contributed by atoms with Gasteiger partial charge in [0.15, 0.2) is 6.29 Å². The van der Waals surface area contributed by atoms with Crippen LogP contribution < -0.4 is 0 Å². The zero-order chi connectivity index (χ0) is 44.7. The number of hydrogen-bond donors (Lipinski definition) is 4. The van der Waals surface area contributed by atoms with Crippen LogP contribution in [0.1, 0.15) is 162 Å². The average molecular weight is 883 g/mol. The van der Waals surface area contributed by atoms with Gasteiger partial charge in [-0.2, -0.15) is 8.42 Å². The largest absolute Gasteiger partial charge is 0.457 e. The zero-order valence-electron chi connectivity index (χ0n) is 37.4. The number of carbonyl (C=O) groups is 1. The first-order valence-corrected chi connectivity index (χ1v) is 24.6. The number of allylic oxidation sites excluding steroid dienone is 12. The van der Waals surface area contributed by atoms with Gasteiger partial charge in [-0.1, -0.05) is 145 Å². The molecule has 0 saturated carbocycles. The van der Waals surface area contributed by atoms with Gasteiger partial charge in [-0.3, -0.25) is 9.35 Å². The molecule has 1 aliphatic rings. The van der Waals surface area contributed by atoms with Crippen LogP contribution in [0.25, 0.3) is 0 Å². The number of aliphatic hydroxyl groups is 3. The Morgan fingerprint density at radius 2 is 1.13 bits per heavy atom. The topological polar surface area (TPSA) is 178 Å². The minimum absolute atomic E-state index is 0.0198. The number of rotatable bonds is 39. The number of unbranched alkanes of at least 4 members (excludes halogenated alkanes) is 14. The highest BCUT2D eigenvalue weighted by Gasteiger charge is 2.48.